The third kappa shape index (κ3) is 3.87. The van der Waals surface area contributed by atoms with Crippen LogP contribution in [-0.4, -0.2) is 11.9 Å². The van der Waals surface area contributed by atoms with Crippen LogP contribution in [0.25, 0.3) is 0 Å². The van der Waals surface area contributed by atoms with E-state index in [2.05, 4.69) is 19.2 Å². The number of carbonyl (C=O) groups excluding carboxylic acids is 1. The molecule has 6 heteroatoms. The normalized spacial score (nSPS) is 11.8. The van der Waals surface area contributed by atoms with Crippen molar-refractivity contribution in [3.8, 4) is 6.07 Å². The van der Waals surface area contributed by atoms with Crippen molar-refractivity contribution in [3.05, 3.63) is 10.4 Å². The smallest absolute Gasteiger partial charge is 0.253 e. The molecular formula is C14H22N4OS. The lowest BCUT2D eigenvalue weighted by Gasteiger charge is -2.18. The first-order chi connectivity index (χ1) is 9.54. The number of anilines is 2. The number of nitrogen functional groups attached to an aromatic ring is 1. The Morgan fingerprint density at radius 3 is 2.60 bits per heavy atom. The van der Waals surface area contributed by atoms with Crippen molar-refractivity contribution >= 4 is 27.9 Å². The Morgan fingerprint density at radius 2 is 2.10 bits per heavy atom. The van der Waals surface area contributed by atoms with Gasteiger partial charge in [0.05, 0.1) is 11.3 Å². The van der Waals surface area contributed by atoms with Gasteiger partial charge >= 0.3 is 0 Å². The maximum atomic E-state index is 11.5. The minimum atomic E-state index is -0.589. The Bertz CT molecular complexity index is 504. The standard InChI is InChI=1S/C14H22N4OS/c1-3-5-7-9(6-4-2)18-14-11(13(17)19)12(16)10(8-15)20-14/h9,18H,3-7,16H2,1-2H3,(H2,17,19). The van der Waals surface area contributed by atoms with Crippen molar-refractivity contribution in [2.75, 3.05) is 11.1 Å². The lowest BCUT2D eigenvalue weighted by molar-refractivity contribution is 0.100. The first-order valence-corrected chi connectivity index (χ1v) is 7.75. The van der Waals surface area contributed by atoms with Crippen molar-refractivity contribution in [1.29, 1.82) is 5.26 Å². The molecule has 1 aromatic heterocycles. The fourth-order valence-corrected chi connectivity index (χ4v) is 3.15. The molecule has 1 atom stereocenters. The van der Waals surface area contributed by atoms with Crippen LogP contribution in [0.5, 0.6) is 0 Å². The highest BCUT2D eigenvalue weighted by Crippen LogP contribution is 2.35. The van der Waals surface area contributed by atoms with Crippen molar-refractivity contribution in [2.45, 2.75) is 52.0 Å². The van der Waals surface area contributed by atoms with Crippen molar-refractivity contribution in [1.82, 2.24) is 0 Å². The van der Waals surface area contributed by atoms with Crippen LogP contribution in [0.1, 0.15) is 61.2 Å². The van der Waals surface area contributed by atoms with Gasteiger partial charge in [0.2, 0.25) is 0 Å². The van der Waals surface area contributed by atoms with Crippen LogP contribution in [0, 0.1) is 11.3 Å². The Labute approximate surface area is 124 Å². The zero-order valence-corrected chi connectivity index (χ0v) is 12.8. The molecule has 1 heterocycles. The zero-order chi connectivity index (χ0) is 15.1. The number of primary amides is 1. The second-order valence-electron chi connectivity index (χ2n) is 4.80. The fraction of sp³-hybridized carbons (Fsp3) is 0.571. The van der Waals surface area contributed by atoms with Gasteiger partial charge in [0.15, 0.2) is 0 Å². The van der Waals surface area contributed by atoms with Gasteiger partial charge in [0.25, 0.3) is 5.91 Å². The summed E-state index contributed by atoms with van der Waals surface area (Å²) in [7, 11) is 0. The third-order valence-electron chi connectivity index (χ3n) is 3.17. The Balaban J connectivity index is 2.99. The minimum Gasteiger partial charge on any atom is -0.396 e. The molecule has 0 aromatic carbocycles. The molecule has 110 valence electrons. The van der Waals surface area contributed by atoms with E-state index in [1.54, 1.807) is 0 Å². The molecule has 20 heavy (non-hydrogen) atoms. The Morgan fingerprint density at radius 1 is 1.40 bits per heavy atom. The molecule has 1 rings (SSSR count). The summed E-state index contributed by atoms with van der Waals surface area (Å²) >= 11 is 1.20. The van der Waals surface area contributed by atoms with Gasteiger partial charge in [0, 0.05) is 6.04 Å². The number of nitrogens with zero attached hydrogens (tertiary/aromatic N) is 1. The number of rotatable bonds is 8. The summed E-state index contributed by atoms with van der Waals surface area (Å²) < 4.78 is 0. The summed E-state index contributed by atoms with van der Waals surface area (Å²) in [4.78, 5) is 11.9. The van der Waals surface area contributed by atoms with Crippen LogP contribution in [0.4, 0.5) is 10.7 Å². The molecule has 0 aliphatic rings. The first-order valence-electron chi connectivity index (χ1n) is 6.93. The predicted octanol–water partition coefficient (Wildman–Crippen LogP) is 3.07. The van der Waals surface area contributed by atoms with Gasteiger partial charge in [-0.3, -0.25) is 4.79 Å². The number of nitrogens with one attached hydrogen (secondary N) is 1. The molecule has 0 saturated heterocycles. The van der Waals surface area contributed by atoms with Crippen molar-refractivity contribution < 1.29 is 4.79 Å². The maximum absolute atomic E-state index is 11.5. The molecule has 0 aliphatic carbocycles. The summed E-state index contributed by atoms with van der Waals surface area (Å²) in [6.07, 6.45) is 5.34. The molecule has 1 unspecified atom stereocenters. The molecule has 0 fully saturated rings. The second-order valence-corrected chi connectivity index (χ2v) is 5.82. The molecule has 0 bridgehead atoms. The summed E-state index contributed by atoms with van der Waals surface area (Å²) in [6, 6.07) is 2.29. The third-order valence-corrected chi connectivity index (χ3v) is 4.21. The lowest BCUT2D eigenvalue weighted by Crippen LogP contribution is -2.21. The van der Waals surface area contributed by atoms with E-state index < -0.39 is 5.91 Å². The van der Waals surface area contributed by atoms with E-state index in [9.17, 15) is 4.79 Å². The largest absolute Gasteiger partial charge is 0.396 e. The SMILES string of the molecule is CCCCC(CCC)Nc1sc(C#N)c(N)c1C(N)=O. The van der Waals surface area contributed by atoms with Gasteiger partial charge in [-0.25, -0.2) is 0 Å². The molecule has 5 nitrogen and oxygen atoms in total. The van der Waals surface area contributed by atoms with E-state index in [1.165, 1.54) is 11.3 Å². The number of amides is 1. The topological polar surface area (TPSA) is 105 Å². The highest BCUT2D eigenvalue weighted by atomic mass is 32.1. The number of hydrogen-bond acceptors (Lipinski definition) is 5. The Kier molecular flexibility index (Phi) is 6.32. The number of hydrogen-bond donors (Lipinski definition) is 3. The zero-order valence-electron chi connectivity index (χ0n) is 12.0. The molecule has 1 aromatic rings. The van der Waals surface area contributed by atoms with Crippen LogP contribution in [0.15, 0.2) is 0 Å². The highest BCUT2D eigenvalue weighted by molar-refractivity contribution is 7.17. The van der Waals surface area contributed by atoms with Crippen LogP contribution >= 0.6 is 11.3 Å². The molecule has 0 radical (unpaired) electrons. The predicted molar refractivity (Wildman–Crippen MR) is 83.8 cm³/mol. The van der Waals surface area contributed by atoms with Crippen LogP contribution in [-0.2, 0) is 0 Å². The number of thiophene rings is 1. The number of nitrogens with two attached hydrogens (primary N) is 2. The average molecular weight is 294 g/mol. The van der Waals surface area contributed by atoms with Crippen molar-refractivity contribution in [2.24, 2.45) is 5.73 Å². The van der Waals surface area contributed by atoms with Gasteiger partial charge in [-0.1, -0.05) is 33.1 Å². The van der Waals surface area contributed by atoms with Crippen molar-refractivity contribution in [3.63, 3.8) is 0 Å². The molecule has 1 amide bonds. The molecule has 0 saturated carbocycles. The van der Waals surface area contributed by atoms with E-state index >= 15 is 0 Å². The molecule has 0 spiro atoms. The quantitative estimate of drug-likeness (QED) is 0.685. The lowest BCUT2D eigenvalue weighted by atomic mass is 10.1. The number of carbonyl (C=O) groups is 1. The van der Waals surface area contributed by atoms with Gasteiger partial charge in [-0.2, -0.15) is 5.26 Å². The van der Waals surface area contributed by atoms with E-state index in [-0.39, 0.29) is 17.3 Å². The Hall–Kier alpha value is -1.74. The molecular weight excluding hydrogens is 272 g/mol. The van der Waals surface area contributed by atoms with Gasteiger partial charge in [0.1, 0.15) is 15.9 Å². The van der Waals surface area contributed by atoms with Crippen LogP contribution in [0.3, 0.4) is 0 Å². The van der Waals surface area contributed by atoms with E-state index in [0.29, 0.717) is 9.88 Å². The molecule has 5 N–H and O–H groups in total. The highest BCUT2D eigenvalue weighted by Gasteiger charge is 2.21. The summed E-state index contributed by atoms with van der Waals surface area (Å²) in [5, 5.41) is 13.0. The summed E-state index contributed by atoms with van der Waals surface area (Å²) in [5.74, 6) is -0.589. The van der Waals surface area contributed by atoms with E-state index in [0.717, 1.165) is 32.1 Å². The monoisotopic (exact) mass is 294 g/mol. The van der Waals surface area contributed by atoms with E-state index in [1.807, 2.05) is 6.07 Å². The summed E-state index contributed by atoms with van der Waals surface area (Å²) in [5.41, 5.74) is 11.6. The second kappa shape index (κ2) is 7.75. The van der Waals surface area contributed by atoms with Gasteiger partial charge < -0.3 is 16.8 Å². The number of unbranched alkanes of at least 4 members (excludes halogenated alkanes) is 1. The minimum absolute atomic E-state index is 0.193. The summed E-state index contributed by atoms with van der Waals surface area (Å²) in [6.45, 7) is 4.27. The number of nitriles is 1. The fourth-order valence-electron chi connectivity index (χ4n) is 2.15. The van der Waals surface area contributed by atoms with E-state index in [4.69, 9.17) is 16.7 Å². The van der Waals surface area contributed by atoms with Gasteiger partial charge in [-0.15, -0.1) is 11.3 Å². The average Bonchev–Trinajstić information content (AvgIpc) is 2.72. The molecule has 0 aliphatic heterocycles. The maximum Gasteiger partial charge on any atom is 0.253 e. The first kappa shape index (κ1) is 16.3. The van der Waals surface area contributed by atoms with Crippen LogP contribution in [0.2, 0.25) is 0 Å². The van der Waals surface area contributed by atoms with Crippen LogP contribution < -0.4 is 16.8 Å². The van der Waals surface area contributed by atoms with Gasteiger partial charge in [-0.05, 0) is 12.8 Å².